The van der Waals surface area contributed by atoms with Crippen molar-refractivity contribution in [3.63, 3.8) is 0 Å². The number of pyridine rings is 1. The van der Waals surface area contributed by atoms with Crippen LogP contribution in [-0.2, 0) is 0 Å². The smallest absolute Gasteiger partial charge is 0.0957 e. The van der Waals surface area contributed by atoms with Crippen molar-refractivity contribution in [3.05, 3.63) is 42.0 Å². The summed E-state index contributed by atoms with van der Waals surface area (Å²) in [6, 6.07) is 5.68. The van der Waals surface area contributed by atoms with E-state index in [1.165, 1.54) is 0 Å². The average Bonchev–Trinajstić information content (AvgIpc) is 2.75. The van der Waals surface area contributed by atoms with E-state index < -0.39 is 6.10 Å². The van der Waals surface area contributed by atoms with Gasteiger partial charge in [0.2, 0.25) is 0 Å². The topological polar surface area (TPSA) is 50.9 Å². The maximum atomic E-state index is 9.61. The number of aliphatic hydroxyl groups is 1. The SMILES string of the molecule is CC[C@H](O)c1ccc(-n2ccc(C)n2)cn1. The minimum atomic E-state index is -0.478. The van der Waals surface area contributed by atoms with Gasteiger partial charge >= 0.3 is 0 Å². The van der Waals surface area contributed by atoms with Gasteiger partial charge < -0.3 is 5.11 Å². The predicted octanol–water partition coefficient (Wildman–Crippen LogP) is 2.02. The van der Waals surface area contributed by atoms with Crippen LogP contribution in [0.25, 0.3) is 5.69 Å². The molecule has 0 saturated heterocycles. The Balaban J connectivity index is 2.25. The predicted molar refractivity (Wildman–Crippen MR) is 61.3 cm³/mol. The molecule has 0 unspecified atom stereocenters. The Bertz CT molecular complexity index is 461. The molecule has 84 valence electrons. The Labute approximate surface area is 94.6 Å². The zero-order valence-electron chi connectivity index (χ0n) is 9.46. The lowest BCUT2D eigenvalue weighted by Gasteiger charge is -2.07. The quantitative estimate of drug-likeness (QED) is 0.855. The second kappa shape index (κ2) is 4.45. The summed E-state index contributed by atoms with van der Waals surface area (Å²) in [5, 5.41) is 13.9. The fraction of sp³-hybridized carbons (Fsp3) is 0.333. The van der Waals surface area contributed by atoms with Crippen molar-refractivity contribution < 1.29 is 5.11 Å². The molecule has 0 aromatic carbocycles. The van der Waals surface area contributed by atoms with Gasteiger partial charge in [-0.2, -0.15) is 5.10 Å². The van der Waals surface area contributed by atoms with Crippen LogP contribution in [0.3, 0.4) is 0 Å². The largest absolute Gasteiger partial charge is 0.387 e. The minimum Gasteiger partial charge on any atom is -0.387 e. The standard InChI is InChI=1S/C12H15N3O/c1-3-12(16)11-5-4-10(8-13-11)15-7-6-9(2)14-15/h4-8,12,16H,3H2,1-2H3/t12-/m0/s1. The molecular formula is C12H15N3O. The fourth-order valence-electron chi connectivity index (χ4n) is 1.50. The first-order valence-corrected chi connectivity index (χ1v) is 5.37. The normalized spacial score (nSPS) is 12.7. The van der Waals surface area contributed by atoms with Crippen molar-refractivity contribution in [2.24, 2.45) is 0 Å². The van der Waals surface area contributed by atoms with Crippen LogP contribution in [0, 0.1) is 6.92 Å². The van der Waals surface area contributed by atoms with E-state index in [9.17, 15) is 5.11 Å². The zero-order chi connectivity index (χ0) is 11.5. The van der Waals surface area contributed by atoms with E-state index in [1.54, 1.807) is 10.9 Å². The van der Waals surface area contributed by atoms with Crippen molar-refractivity contribution in [1.29, 1.82) is 0 Å². The van der Waals surface area contributed by atoms with Crippen LogP contribution in [0.2, 0.25) is 0 Å². The molecule has 0 bridgehead atoms. The first-order chi connectivity index (χ1) is 7.70. The number of hydrogen-bond donors (Lipinski definition) is 1. The highest BCUT2D eigenvalue weighted by atomic mass is 16.3. The van der Waals surface area contributed by atoms with Gasteiger partial charge in [0.25, 0.3) is 0 Å². The molecule has 1 N–H and O–H groups in total. The maximum absolute atomic E-state index is 9.61. The van der Waals surface area contributed by atoms with Crippen LogP contribution in [0.15, 0.2) is 30.6 Å². The van der Waals surface area contributed by atoms with E-state index in [0.717, 1.165) is 11.4 Å². The van der Waals surface area contributed by atoms with E-state index in [-0.39, 0.29) is 0 Å². The van der Waals surface area contributed by atoms with E-state index in [1.807, 2.05) is 38.2 Å². The number of nitrogens with zero attached hydrogens (tertiary/aromatic N) is 3. The van der Waals surface area contributed by atoms with Gasteiger partial charge in [-0.25, -0.2) is 4.68 Å². The molecule has 16 heavy (non-hydrogen) atoms. The molecule has 4 heteroatoms. The van der Waals surface area contributed by atoms with Gasteiger partial charge in [0, 0.05) is 6.20 Å². The first-order valence-electron chi connectivity index (χ1n) is 5.37. The summed E-state index contributed by atoms with van der Waals surface area (Å²) in [5.41, 5.74) is 2.58. The molecule has 0 saturated carbocycles. The van der Waals surface area contributed by atoms with Gasteiger partial charge in [-0.3, -0.25) is 4.98 Å². The molecule has 0 amide bonds. The molecule has 4 nitrogen and oxygen atoms in total. The monoisotopic (exact) mass is 217 g/mol. The third-order valence-corrected chi connectivity index (χ3v) is 2.49. The molecule has 0 aliphatic heterocycles. The Kier molecular flexibility index (Phi) is 3.01. The molecule has 0 aliphatic rings. The Morgan fingerprint density at radius 3 is 2.69 bits per heavy atom. The highest BCUT2D eigenvalue weighted by Crippen LogP contribution is 2.15. The summed E-state index contributed by atoms with van der Waals surface area (Å²) < 4.78 is 1.77. The van der Waals surface area contributed by atoms with Crippen LogP contribution < -0.4 is 0 Å². The lowest BCUT2D eigenvalue weighted by Crippen LogP contribution is -2.01. The van der Waals surface area contributed by atoms with Crippen LogP contribution >= 0.6 is 0 Å². The van der Waals surface area contributed by atoms with Crippen LogP contribution in [-0.4, -0.2) is 19.9 Å². The van der Waals surface area contributed by atoms with Crippen molar-refractivity contribution in [3.8, 4) is 5.69 Å². The number of aromatic nitrogens is 3. The third kappa shape index (κ3) is 2.12. The summed E-state index contributed by atoms with van der Waals surface area (Å²) >= 11 is 0. The van der Waals surface area contributed by atoms with Crippen molar-refractivity contribution in [2.45, 2.75) is 26.4 Å². The molecule has 0 radical (unpaired) electrons. The molecule has 0 spiro atoms. The second-order valence-electron chi connectivity index (χ2n) is 3.77. The van der Waals surface area contributed by atoms with Gasteiger partial charge in [-0.1, -0.05) is 6.92 Å². The number of aryl methyl sites for hydroxylation is 1. The van der Waals surface area contributed by atoms with Gasteiger partial charge in [0.15, 0.2) is 0 Å². The summed E-state index contributed by atoms with van der Waals surface area (Å²) in [4.78, 5) is 4.22. The first kappa shape index (κ1) is 10.8. The lowest BCUT2D eigenvalue weighted by molar-refractivity contribution is 0.169. The Morgan fingerprint density at radius 1 is 1.38 bits per heavy atom. The molecule has 2 rings (SSSR count). The van der Waals surface area contributed by atoms with Gasteiger partial charge in [-0.15, -0.1) is 0 Å². The lowest BCUT2D eigenvalue weighted by atomic mass is 10.2. The van der Waals surface area contributed by atoms with Crippen molar-refractivity contribution >= 4 is 0 Å². The van der Waals surface area contributed by atoms with Crippen molar-refractivity contribution in [1.82, 2.24) is 14.8 Å². The van der Waals surface area contributed by atoms with E-state index >= 15 is 0 Å². The number of aliphatic hydroxyl groups excluding tert-OH is 1. The second-order valence-corrected chi connectivity index (χ2v) is 3.77. The van der Waals surface area contributed by atoms with Crippen LogP contribution in [0.4, 0.5) is 0 Å². The average molecular weight is 217 g/mol. The fourth-order valence-corrected chi connectivity index (χ4v) is 1.50. The van der Waals surface area contributed by atoms with E-state index in [4.69, 9.17) is 0 Å². The highest BCUT2D eigenvalue weighted by Gasteiger charge is 2.06. The van der Waals surface area contributed by atoms with Crippen LogP contribution in [0.5, 0.6) is 0 Å². The van der Waals surface area contributed by atoms with Gasteiger partial charge in [0.05, 0.1) is 29.4 Å². The summed E-state index contributed by atoms with van der Waals surface area (Å²) in [5.74, 6) is 0. The molecule has 0 fully saturated rings. The summed E-state index contributed by atoms with van der Waals surface area (Å²) in [6.45, 7) is 3.87. The summed E-state index contributed by atoms with van der Waals surface area (Å²) in [7, 11) is 0. The Hall–Kier alpha value is -1.68. The van der Waals surface area contributed by atoms with Crippen LogP contribution in [0.1, 0.15) is 30.8 Å². The Morgan fingerprint density at radius 2 is 2.19 bits per heavy atom. The number of rotatable bonds is 3. The zero-order valence-corrected chi connectivity index (χ0v) is 9.46. The molecule has 1 atom stereocenters. The van der Waals surface area contributed by atoms with Gasteiger partial charge in [-0.05, 0) is 31.5 Å². The highest BCUT2D eigenvalue weighted by molar-refractivity contribution is 5.29. The third-order valence-electron chi connectivity index (χ3n) is 2.49. The number of hydrogen-bond acceptors (Lipinski definition) is 3. The molecule has 0 aliphatic carbocycles. The van der Waals surface area contributed by atoms with Crippen molar-refractivity contribution in [2.75, 3.05) is 0 Å². The minimum absolute atomic E-state index is 0.478. The molecule has 2 heterocycles. The maximum Gasteiger partial charge on any atom is 0.0957 e. The van der Waals surface area contributed by atoms with Gasteiger partial charge in [0.1, 0.15) is 0 Å². The molecule has 2 aromatic rings. The van der Waals surface area contributed by atoms with E-state index in [2.05, 4.69) is 10.1 Å². The summed E-state index contributed by atoms with van der Waals surface area (Å²) in [6.07, 6.45) is 3.81. The molecular weight excluding hydrogens is 202 g/mol. The van der Waals surface area contributed by atoms with E-state index in [0.29, 0.717) is 12.1 Å². The molecule has 2 aromatic heterocycles.